The smallest absolute Gasteiger partial charge is 0.296 e. The highest BCUT2D eigenvalue weighted by molar-refractivity contribution is 6.51. The van der Waals surface area contributed by atoms with Crippen molar-refractivity contribution in [1.82, 2.24) is 0 Å². The highest BCUT2D eigenvalue weighted by atomic mass is 16.2. The van der Waals surface area contributed by atoms with Gasteiger partial charge in [0, 0.05) is 0 Å². The largest absolute Gasteiger partial charge is 0.318 e. The monoisotopic (exact) mass is 243 g/mol. The summed E-state index contributed by atoms with van der Waals surface area (Å²) in [6.07, 6.45) is 7.59. The summed E-state index contributed by atoms with van der Waals surface area (Å²) in [7, 11) is 0. The second kappa shape index (κ2) is 4.56. The molecular weight excluding hydrogens is 226 g/mol. The van der Waals surface area contributed by atoms with Crippen molar-refractivity contribution in [1.29, 1.82) is 0 Å². The van der Waals surface area contributed by atoms with Gasteiger partial charge >= 0.3 is 0 Å². The molecular formula is C15H17NO2. The Morgan fingerprint density at radius 2 is 1.72 bits per heavy atom. The predicted molar refractivity (Wildman–Crippen MR) is 69.8 cm³/mol. The Kier molecular flexibility index (Phi) is 2.90. The second-order valence-corrected chi connectivity index (χ2v) is 5.28. The molecule has 0 radical (unpaired) electrons. The van der Waals surface area contributed by atoms with Gasteiger partial charge in [-0.3, -0.25) is 9.59 Å². The number of ketones is 1. The maximum Gasteiger partial charge on any atom is 0.296 e. The molecule has 0 spiro atoms. The zero-order valence-electron chi connectivity index (χ0n) is 10.4. The molecule has 1 N–H and O–H groups in total. The molecule has 1 saturated carbocycles. The minimum Gasteiger partial charge on any atom is -0.318 e. The van der Waals surface area contributed by atoms with Gasteiger partial charge in [-0.15, -0.1) is 0 Å². The molecule has 3 rings (SSSR count). The Hall–Kier alpha value is -1.64. The van der Waals surface area contributed by atoms with E-state index < -0.39 is 5.91 Å². The standard InChI is InChI=1S/C15H17NO2/c17-14-12-9-11(7-8-13(12)16-15(14)18)10-5-3-1-2-4-6-10/h7-10H,1-6H2,(H,16,17,18). The average molecular weight is 243 g/mol. The first-order valence-corrected chi connectivity index (χ1v) is 6.75. The SMILES string of the molecule is O=C1Nc2ccc(C3CCCCCC3)cc2C1=O. The molecule has 0 bridgehead atoms. The Bertz CT molecular complexity index is 499. The summed E-state index contributed by atoms with van der Waals surface area (Å²) in [5.41, 5.74) is 2.45. The van der Waals surface area contributed by atoms with Crippen molar-refractivity contribution in [2.75, 3.05) is 5.32 Å². The first-order chi connectivity index (χ1) is 8.75. The molecule has 94 valence electrons. The molecule has 0 unspecified atom stereocenters. The van der Waals surface area contributed by atoms with Crippen molar-refractivity contribution in [3.05, 3.63) is 29.3 Å². The van der Waals surface area contributed by atoms with Gasteiger partial charge in [0.25, 0.3) is 11.7 Å². The van der Waals surface area contributed by atoms with Crippen LogP contribution in [-0.4, -0.2) is 11.7 Å². The van der Waals surface area contributed by atoms with Gasteiger partial charge < -0.3 is 5.32 Å². The first-order valence-electron chi connectivity index (χ1n) is 6.75. The fourth-order valence-electron chi connectivity index (χ4n) is 3.03. The molecule has 1 fully saturated rings. The summed E-state index contributed by atoms with van der Waals surface area (Å²) in [5.74, 6) is -0.329. The Labute approximate surface area is 107 Å². The number of carbonyl (C=O) groups excluding carboxylic acids is 2. The number of benzene rings is 1. The maximum absolute atomic E-state index is 11.7. The fourth-order valence-corrected chi connectivity index (χ4v) is 3.03. The van der Waals surface area contributed by atoms with Crippen LogP contribution in [0, 0.1) is 0 Å². The lowest BCUT2D eigenvalue weighted by Crippen LogP contribution is -2.12. The highest BCUT2D eigenvalue weighted by Gasteiger charge is 2.28. The van der Waals surface area contributed by atoms with Crippen molar-refractivity contribution >= 4 is 17.4 Å². The second-order valence-electron chi connectivity index (χ2n) is 5.28. The van der Waals surface area contributed by atoms with E-state index in [0.717, 1.165) is 0 Å². The van der Waals surface area contributed by atoms with Crippen LogP contribution >= 0.6 is 0 Å². The van der Waals surface area contributed by atoms with Gasteiger partial charge in [-0.05, 0) is 36.5 Å². The van der Waals surface area contributed by atoms with Crippen molar-refractivity contribution in [3.63, 3.8) is 0 Å². The van der Waals surface area contributed by atoms with Gasteiger partial charge in [0.1, 0.15) is 0 Å². The summed E-state index contributed by atoms with van der Waals surface area (Å²) in [4.78, 5) is 23.0. The lowest BCUT2D eigenvalue weighted by Gasteiger charge is -2.15. The number of rotatable bonds is 1. The number of hydrogen-bond acceptors (Lipinski definition) is 2. The van der Waals surface area contributed by atoms with E-state index in [1.807, 2.05) is 12.1 Å². The van der Waals surface area contributed by atoms with E-state index in [1.54, 1.807) is 0 Å². The van der Waals surface area contributed by atoms with Gasteiger partial charge in [-0.2, -0.15) is 0 Å². The zero-order valence-corrected chi connectivity index (χ0v) is 10.4. The van der Waals surface area contributed by atoms with E-state index in [2.05, 4.69) is 11.4 Å². The summed E-state index contributed by atoms with van der Waals surface area (Å²) in [6, 6.07) is 5.86. The molecule has 0 atom stereocenters. The van der Waals surface area contributed by atoms with Crippen molar-refractivity contribution in [2.24, 2.45) is 0 Å². The number of amides is 1. The van der Waals surface area contributed by atoms with E-state index in [4.69, 9.17) is 0 Å². The lowest BCUT2D eigenvalue weighted by molar-refractivity contribution is -0.112. The third-order valence-corrected chi connectivity index (χ3v) is 4.07. The number of anilines is 1. The quantitative estimate of drug-likeness (QED) is 0.608. The Morgan fingerprint density at radius 3 is 2.44 bits per heavy atom. The van der Waals surface area contributed by atoms with E-state index in [-0.39, 0.29) is 5.78 Å². The molecule has 1 aliphatic heterocycles. The summed E-state index contributed by atoms with van der Waals surface area (Å²) < 4.78 is 0. The molecule has 1 heterocycles. The van der Waals surface area contributed by atoms with Crippen LogP contribution in [0.4, 0.5) is 5.69 Å². The third kappa shape index (κ3) is 1.94. The third-order valence-electron chi connectivity index (χ3n) is 4.07. The number of carbonyl (C=O) groups is 2. The van der Waals surface area contributed by atoms with Gasteiger partial charge in [0.2, 0.25) is 0 Å². The molecule has 1 amide bonds. The van der Waals surface area contributed by atoms with Crippen LogP contribution in [0.15, 0.2) is 18.2 Å². The van der Waals surface area contributed by atoms with Crippen molar-refractivity contribution in [2.45, 2.75) is 44.4 Å². The molecule has 1 aromatic rings. The van der Waals surface area contributed by atoms with E-state index in [9.17, 15) is 9.59 Å². The summed E-state index contributed by atoms with van der Waals surface area (Å²) >= 11 is 0. The first kappa shape index (κ1) is 11.5. The van der Waals surface area contributed by atoms with E-state index in [0.29, 0.717) is 17.2 Å². The van der Waals surface area contributed by atoms with Gasteiger partial charge in [0.05, 0.1) is 11.3 Å². The van der Waals surface area contributed by atoms with Gasteiger partial charge in [-0.1, -0.05) is 31.7 Å². The molecule has 1 aromatic carbocycles. The van der Waals surface area contributed by atoms with Crippen LogP contribution in [0.25, 0.3) is 0 Å². The topological polar surface area (TPSA) is 46.2 Å². The molecule has 3 heteroatoms. The van der Waals surface area contributed by atoms with Crippen molar-refractivity contribution in [3.8, 4) is 0 Å². The lowest BCUT2D eigenvalue weighted by atomic mass is 9.90. The number of nitrogens with one attached hydrogen (secondary N) is 1. The van der Waals surface area contributed by atoms with Crippen LogP contribution in [0.2, 0.25) is 0 Å². The molecule has 0 aromatic heterocycles. The minimum absolute atomic E-state index is 0.388. The van der Waals surface area contributed by atoms with E-state index >= 15 is 0 Å². The highest BCUT2D eigenvalue weighted by Crippen LogP contribution is 2.34. The van der Waals surface area contributed by atoms with Crippen LogP contribution in [0.3, 0.4) is 0 Å². The zero-order chi connectivity index (χ0) is 12.5. The fraction of sp³-hybridized carbons (Fsp3) is 0.467. The minimum atomic E-state index is -0.497. The number of fused-ring (bicyclic) bond motifs is 1. The normalized spacial score (nSPS) is 20.4. The molecule has 0 saturated heterocycles. The number of hydrogen-bond donors (Lipinski definition) is 1. The number of Topliss-reactive ketones (excluding diaryl/α,β-unsaturated/α-hetero) is 1. The van der Waals surface area contributed by atoms with Crippen LogP contribution in [0.5, 0.6) is 0 Å². The predicted octanol–water partition coefficient (Wildman–Crippen LogP) is 3.26. The van der Waals surface area contributed by atoms with Crippen molar-refractivity contribution < 1.29 is 9.59 Å². The average Bonchev–Trinajstić information content (AvgIpc) is 2.62. The Balaban J connectivity index is 1.90. The van der Waals surface area contributed by atoms with Gasteiger partial charge in [0.15, 0.2) is 0 Å². The Morgan fingerprint density at radius 1 is 1.00 bits per heavy atom. The molecule has 3 nitrogen and oxygen atoms in total. The van der Waals surface area contributed by atoms with E-state index in [1.165, 1.54) is 44.1 Å². The summed E-state index contributed by atoms with van der Waals surface area (Å²) in [6.45, 7) is 0. The van der Waals surface area contributed by atoms with Crippen LogP contribution in [-0.2, 0) is 4.79 Å². The molecule has 2 aliphatic rings. The van der Waals surface area contributed by atoms with Crippen LogP contribution < -0.4 is 5.32 Å². The van der Waals surface area contributed by atoms with Crippen LogP contribution in [0.1, 0.15) is 60.4 Å². The molecule has 18 heavy (non-hydrogen) atoms. The maximum atomic E-state index is 11.7. The molecule has 1 aliphatic carbocycles. The summed E-state index contributed by atoms with van der Waals surface area (Å²) in [5, 5.41) is 2.60. The van der Waals surface area contributed by atoms with Gasteiger partial charge in [-0.25, -0.2) is 0 Å².